The van der Waals surface area contributed by atoms with Crippen molar-refractivity contribution in [3.05, 3.63) is 40.5 Å². The Bertz CT molecular complexity index is 769. The summed E-state index contributed by atoms with van der Waals surface area (Å²) >= 11 is 0. The molecule has 2 aromatic heterocycles. The van der Waals surface area contributed by atoms with Gasteiger partial charge in [-0.25, -0.2) is 9.37 Å². The van der Waals surface area contributed by atoms with Crippen molar-refractivity contribution < 1.29 is 13.8 Å². The van der Waals surface area contributed by atoms with Gasteiger partial charge in [0.05, 0.1) is 16.6 Å². The molecule has 0 unspecified atom stereocenters. The summed E-state index contributed by atoms with van der Waals surface area (Å²) in [6.07, 6.45) is 1.26. The molecule has 0 aliphatic rings. The molecule has 0 spiro atoms. The highest BCUT2D eigenvalue weighted by molar-refractivity contribution is 5.58. The quantitative estimate of drug-likeness (QED) is 0.568. The number of non-ortho nitro benzene ring substituents is 1. The summed E-state index contributed by atoms with van der Waals surface area (Å²) in [7, 11) is 0. The van der Waals surface area contributed by atoms with Crippen molar-refractivity contribution in [2.24, 2.45) is 0 Å². The largest absolute Gasteiger partial charge is 0.333 e. The van der Waals surface area contributed by atoms with Crippen LogP contribution in [0.25, 0.3) is 23.1 Å². The molecule has 0 amide bonds. The summed E-state index contributed by atoms with van der Waals surface area (Å²) < 4.78 is 18.7. The number of rotatable bonds is 3. The molecule has 0 atom stereocenters. The molecule has 0 saturated carbocycles. The zero-order chi connectivity index (χ0) is 14.1. The first-order valence-electron chi connectivity index (χ1n) is 5.29. The van der Waals surface area contributed by atoms with Crippen molar-refractivity contribution in [1.82, 2.24) is 25.3 Å². The van der Waals surface area contributed by atoms with Crippen LogP contribution in [-0.4, -0.2) is 30.2 Å². The standard InChI is InChI=1S/C10H5FN6O3/c11-7-3-5(17(18)19)1-2-6(7)10-14-9(16-20-10)8-12-4-13-15-8/h1-4H,(H,12,13,15). The van der Waals surface area contributed by atoms with E-state index in [-0.39, 0.29) is 28.8 Å². The van der Waals surface area contributed by atoms with Gasteiger partial charge in [-0.05, 0) is 6.07 Å². The van der Waals surface area contributed by atoms with Crippen molar-refractivity contribution >= 4 is 5.69 Å². The first-order valence-corrected chi connectivity index (χ1v) is 5.29. The van der Waals surface area contributed by atoms with Gasteiger partial charge in [0, 0.05) is 6.07 Å². The van der Waals surface area contributed by atoms with Crippen LogP contribution in [0.2, 0.25) is 0 Å². The SMILES string of the molecule is O=[N+]([O-])c1ccc(-c2nc(-c3ncn[nH]3)no2)c(F)c1. The molecule has 20 heavy (non-hydrogen) atoms. The molecular formula is C10H5FN6O3. The summed E-state index contributed by atoms with van der Waals surface area (Å²) in [5.41, 5.74) is -0.393. The fourth-order valence-corrected chi connectivity index (χ4v) is 1.53. The number of H-pyrrole nitrogens is 1. The van der Waals surface area contributed by atoms with Crippen molar-refractivity contribution in [1.29, 1.82) is 0 Å². The van der Waals surface area contributed by atoms with E-state index in [4.69, 9.17) is 4.52 Å². The molecule has 3 rings (SSSR count). The van der Waals surface area contributed by atoms with Crippen LogP contribution in [0.15, 0.2) is 29.0 Å². The molecule has 0 radical (unpaired) electrons. The van der Waals surface area contributed by atoms with E-state index in [0.29, 0.717) is 0 Å². The van der Waals surface area contributed by atoms with Gasteiger partial charge in [0.15, 0.2) is 5.82 Å². The number of nitrogens with zero attached hydrogens (tertiary/aromatic N) is 5. The lowest BCUT2D eigenvalue weighted by Gasteiger charge is -1.96. The fraction of sp³-hybridized carbons (Fsp3) is 0. The molecular weight excluding hydrogens is 271 g/mol. The summed E-state index contributed by atoms with van der Waals surface area (Å²) in [5, 5.41) is 20.3. The Hall–Kier alpha value is -3.17. The van der Waals surface area contributed by atoms with E-state index in [1.54, 1.807) is 0 Å². The van der Waals surface area contributed by atoms with E-state index in [9.17, 15) is 14.5 Å². The van der Waals surface area contributed by atoms with Crippen molar-refractivity contribution in [3.8, 4) is 23.1 Å². The number of hydrogen-bond acceptors (Lipinski definition) is 7. The van der Waals surface area contributed by atoms with Crippen LogP contribution in [0.1, 0.15) is 0 Å². The van der Waals surface area contributed by atoms with Gasteiger partial charge in [-0.15, -0.1) is 0 Å². The zero-order valence-corrected chi connectivity index (χ0v) is 9.65. The minimum Gasteiger partial charge on any atom is -0.333 e. The Morgan fingerprint density at radius 3 is 2.90 bits per heavy atom. The third kappa shape index (κ3) is 1.98. The highest BCUT2D eigenvalue weighted by Gasteiger charge is 2.18. The Labute approximate surface area is 109 Å². The highest BCUT2D eigenvalue weighted by Crippen LogP contribution is 2.26. The van der Waals surface area contributed by atoms with Crippen LogP contribution >= 0.6 is 0 Å². The molecule has 1 N–H and O–H groups in total. The first-order chi connectivity index (χ1) is 9.65. The Kier molecular flexibility index (Phi) is 2.67. The second-order valence-corrected chi connectivity index (χ2v) is 3.68. The molecule has 3 aromatic rings. The van der Waals surface area contributed by atoms with Crippen molar-refractivity contribution in [3.63, 3.8) is 0 Å². The second-order valence-electron chi connectivity index (χ2n) is 3.68. The van der Waals surface area contributed by atoms with Crippen molar-refractivity contribution in [2.45, 2.75) is 0 Å². The maximum absolute atomic E-state index is 13.8. The van der Waals surface area contributed by atoms with Gasteiger partial charge in [0.25, 0.3) is 11.6 Å². The van der Waals surface area contributed by atoms with E-state index < -0.39 is 10.7 Å². The van der Waals surface area contributed by atoms with E-state index in [1.807, 2.05) is 0 Å². The van der Waals surface area contributed by atoms with Gasteiger partial charge in [-0.2, -0.15) is 10.1 Å². The minimum atomic E-state index is -0.827. The smallest absolute Gasteiger partial charge is 0.272 e. The number of aromatic nitrogens is 5. The van der Waals surface area contributed by atoms with Gasteiger partial charge >= 0.3 is 0 Å². The zero-order valence-electron chi connectivity index (χ0n) is 9.65. The average Bonchev–Trinajstić information content (AvgIpc) is 3.09. The predicted octanol–water partition coefficient (Wildman–Crippen LogP) is 1.57. The topological polar surface area (TPSA) is 124 Å². The lowest BCUT2D eigenvalue weighted by Crippen LogP contribution is -1.91. The highest BCUT2D eigenvalue weighted by atomic mass is 19.1. The summed E-state index contributed by atoms with van der Waals surface area (Å²) in [4.78, 5) is 17.6. The number of hydrogen-bond donors (Lipinski definition) is 1. The van der Waals surface area contributed by atoms with E-state index in [2.05, 4.69) is 25.3 Å². The molecule has 9 nitrogen and oxygen atoms in total. The van der Waals surface area contributed by atoms with Crippen LogP contribution in [-0.2, 0) is 0 Å². The van der Waals surface area contributed by atoms with E-state index in [1.165, 1.54) is 12.4 Å². The maximum atomic E-state index is 13.8. The number of nitro groups is 1. The molecule has 10 heteroatoms. The predicted molar refractivity (Wildman–Crippen MR) is 61.7 cm³/mol. The molecule has 100 valence electrons. The van der Waals surface area contributed by atoms with E-state index >= 15 is 0 Å². The monoisotopic (exact) mass is 276 g/mol. The van der Waals surface area contributed by atoms with Crippen LogP contribution in [0.5, 0.6) is 0 Å². The molecule has 0 aliphatic carbocycles. The second kappa shape index (κ2) is 4.50. The average molecular weight is 276 g/mol. The minimum absolute atomic E-state index is 0.0335. The number of benzene rings is 1. The Morgan fingerprint density at radius 1 is 1.40 bits per heavy atom. The number of halogens is 1. The maximum Gasteiger partial charge on any atom is 0.272 e. The molecule has 0 aliphatic heterocycles. The third-order valence-electron chi connectivity index (χ3n) is 2.45. The molecule has 2 heterocycles. The summed E-state index contributed by atoms with van der Waals surface area (Å²) in [5.74, 6) is -0.562. The van der Waals surface area contributed by atoms with Gasteiger partial charge in [-0.3, -0.25) is 15.2 Å². The van der Waals surface area contributed by atoms with Crippen LogP contribution < -0.4 is 0 Å². The lowest BCUT2D eigenvalue weighted by molar-refractivity contribution is -0.385. The van der Waals surface area contributed by atoms with Crippen LogP contribution in [0, 0.1) is 15.9 Å². The molecule has 0 fully saturated rings. The van der Waals surface area contributed by atoms with E-state index in [0.717, 1.165) is 12.1 Å². The number of aromatic amines is 1. The lowest BCUT2D eigenvalue weighted by atomic mass is 10.2. The Balaban J connectivity index is 1.99. The fourth-order valence-electron chi connectivity index (χ4n) is 1.53. The Morgan fingerprint density at radius 2 is 2.25 bits per heavy atom. The normalized spacial score (nSPS) is 10.7. The van der Waals surface area contributed by atoms with Crippen LogP contribution in [0.3, 0.4) is 0 Å². The molecule has 1 aromatic carbocycles. The molecule has 0 bridgehead atoms. The van der Waals surface area contributed by atoms with Gasteiger partial charge < -0.3 is 4.52 Å². The van der Waals surface area contributed by atoms with Crippen LogP contribution in [0.4, 0.5) is 10.1 Å². The third-order valence-corrected chi connectivity index (χ3v) is 2.45. The first kappa shape index (κ1) is 11.9. The van der Waals surface area contributed by atoms with Gasteiger partial charge in [-0.1, -0.05) is 5.16 Å². The molecule has 0 saturated heterocycles. The number of nitro benzene ring substituents is 1. The van der Waals surface area contributed by atoms with Crippen molar-refractivity contribution in [2.75, 3.05) is 0 Å². The van der Waals surface area contributed by atoms with Gasteiger partial charge in [0.2, 0.25) is 5.82 Å². The number of nitrogens with one attached hydrogen (secondary N) is 1. The summed E-state index contributed by atoms with van der Waals surface area (Å²) in [6.45, 7) is 0. The van der Waals surface area contributed by atoms with Gasteiger partial charge in [0.1, 0.15) is 12.1 Å². The summed E-state index contributed by atoms with van der Waals surface area (Å²) in [6, 6.07) is 3.13.